The average Bonchev–Trinajstić information content (AvgIpc) is 3.68. The van der Waals surface area contributed by atoms with Crippen LogP contribution in [0.25, 0.3) is 28.1 Å². The van der Waals surface area contributed by atoms with Gasteiger partial charge in [-0.05, 0) is 76.7 Å². The van der Waals surface area contributed by atoms with Gasteiger partial charge in [-0.15, -0.1) is 5.10 Å². The van der Waals surface area contributed by atoms with E-state index in [9.17, 15) is 9.59 Å². The Hall–Kier alpha value is -4.64. The molecular formula is C29H24ClFN8O2. The van der Waals surface area contributed by atoms with Crippen molar-refractivity contribution in [1.29, 1.82) is 0 Å². The van der Waals surface area contributed by atoms with Gasteiger partial charge in [0.15, 0.2) is 0 Å². The zero-order chi connectivity index (χ0) is 28.4. The number of halogens is 2. The number of hydrogen-bond donors (Lipinski definition) is 2. The van der Waals surface area contributed by atoms with Crippen molar-refractivity contribution >= 4 is 23.2 Å². The third kappa shape index (κ3) is 4.24. The Morgan fingerprint density at radius 1 is 1.02 bits per heavy atom. The number of aromatic nitrogens is 7. The maximum absolute atomic E-state index is 15.3. The number of aromatic amines is 1. The summed E-state index contributed by atoms with van der Waals surface area (Å²) in [6.07, 6.45) is 2.65. The van der Waals surface area contributed by atoms with Crippen molar-refractivity contribution in [2.24, 2.45) is 11.8 Å². The molecule has 1 unspecified atom stereocenters. The molecule has 2 aliphatic rings. The van der Waals surface area contributed by atoms with Crippen LogP contribution < -0.4 is 10.9 Å². The van der Waals surface area contributed by atoms with Gasteiger partial charge in [-0.3, -0.25) is 9.59 Å². The number of pyridine rings is 1. The van der Waals surface area contributed by atoms with Crippen LogP contribution >= 0.6 is 11.6 Å². The van der Waals surface area contributed by atoms with Crippen molar-refractivity contribution in [2.75, 3.05) is 5.32 Å². The number of imidazole rings is 1. The number of tetrazole rings is 1. The minimum atomic E-state index is -0.636. The number of carbonyl (C=O) groups is 1. The molecule has 0 spiro atoms. The third-order valence-corrected chi connectivity index (χ3v) is 8.18. The lowest BCUT2D eigenvalue weighted by Crippen LogP contribution is -2.27. The van der Waals surface area contributed by atoms with Crippen molar-refractivity contribution in [1.82, 2.24) is 34.7 Å². The summed E-state index contributed by atoms with van der Waals surface area (Å²) in [5.41, 5.74) is 5.22. The molecule has 0 saturated carbocycles. The summed E-state index contributed by atoms with van der Waals surface area (Å²) in [5, 5.41) is 14.8. The second-order valence-corrected chi connectivity index (χ2v) is 11.2. The molecule has 7 rings (SSSR count). The molecule has 2 aliphatic heterocycles. The summed E-state index contributed by atoms with van der Waals surface area (Å²) < 4.78 is 18.5. The number of nitrogens with one attached hydrogen (secondary N) is 2. The van der Waals surface area contributed by atoms with Gasteiger partial charge in [0.25, 0.3) is 5.56 Å². The van der Waals surface area contributed by atoms with Crippen molar-refractivity contribution in [3.63, 3.8) is 0 Å². The van der Waals surface area contributed by atoms with Gasteiger partial charge in [0.1, 0.15) is 17.8 Å². The monoisotopic (exact) mass is 570 g/mol. The summed E-state index contributed by atoms with van der Waals surface area (Å²) >= 11 is 6.32. The Labute approximate surface area is 238 Å². The molecule has 0 aliphatic carbocycles. The van der Waals surface area contributed by atoms with E-state index < -0.39 is 12.0 Å². The summed E-state index contributed by atoms with van der Waals surface area (Å²) in [7, 11) is 0. The second kappa shape index (κ2) is 9.48. The van der Waals surface area contributed by atoms with Crippen LogP contribution in [0.4, 0.5) is 10.1 Å². The summed E-state index contributed by atoms with van der Waals surface area (Å²) in [5.74, 6) is -0.458. The van der Waals surface area contributed by atoms with Crippen molar-refractivity contribution in [3.8, 4) is 28.1 Å². The zero-order valence-corrected chi connectivity index (χ0v) is 22.9. The highest BCUT2D eigenvalue weighted by molar-refractivity contribution is 6.31. The maximum Gasteiger partial charge on any atom is 0.252 e. The Morgan fingerprint density at radius 2 is 1.88 bits per heavy atom. The number of hydrogen-bond acceptors (Lipinski definition) is 6. The standard InChI is InChI=1S/C29H24ClFN8O2/c1-14-8-20-10-17(21-12-19(30)4-6-23(21)38-13-32-36-37-38)11-24(40)39(20)26(14)28-34-25(27(31)35-28)16-3-5-22-18(9-16)7-15(2)29(41)33-22/h3-6,9-15,26H,7-8H2,1-2H3,(H,33,41)(H,34,35)/t14-,15?,26-/m0/s1. The van der Waals surface area contributed by atoms with Crippen LogP contribution in [0, 0.1) is 17.8 Å². The van der Waals surface area contributed by atoms with Crippen LogP contribution in [0.15, 0.2) is 59.7 Å². The predicted octanol–water partition coefficient (Wildman–Crippen LogP) is 4.59. The molecule has 0 fully saturated rings. The van der Waals surface area contributed by atoms with E-state index in [1.54, 1.807) is 41.0 Å². The zero-order valence-electron chi connectivity index (χ0n) is 22.1. The summed E-state index contributed by atoms with van der Waals surface area (Å²) in [4.78, 5) is 33.1. The molecule has 3 atom stereocenters. The Bertz CT molecular complexity index is 1900. The molecule has 3 aromatic heterocycles. The van der Waals surface area contributed by atoms with Crippen LogP contribution in [0.2, 0.25) is 5.02 Å². The molecule has 0 radical (unpaired) electrons. The van der Waals surface area contributed by atoms with Gasteiger partial charge in [-0.2, -0.15) is 9.07 Å². The number of H-pyrrole nitrogens is 1. The van der Waals surface area contributed by atoms with Gasteiger partial charge >= 0.3 is 0 Å². The molecule has 41 heavy (non-hydrogen) atoms. The minimum absolute atomic E-state index is 0.0192. The number of fused-ring (bicyclic) bond motifs is 2. The van der Waals surface area contributed by atoms with E-state index in [-0.39, 0.29) is 29.0 Å². The smallest absolute Gasteiger partial charge is 0.252 e. The molecule has 12 heteroatoms. The largest absolute Gasteiger partial charge is 0.338 e. The van der Waals surface area contributed by atoms with Gasteiger partial charge in [-0.25, -0.2) is 4.98 Å². The molecule has 1 amide bonds. The quantitative estimate of drug-likeness (QED) is 0.326. The molecule has 10 nitrogen and oxygen atoms in total. The molecule has 206 valence electrons. The number of anilines is 1. The highest BCUT2D eigenvalue weighted by atomic mass is 35.5. The number of nitrogens with zero attached hydrogens (tertiary/aromatic N) is 6. The van der Waals surface area contributed by atoms with Gasteiger partial charge in [0.2, 0.25) is 11.9 Å². The van der Waals surface area contributed by atoms with Crippen LogP contribution in [0.3, 0.4) is 0 Å². The lowest BCUT2D eigenvalue weighted by Gasteiger charge is -2.22. The first kappa shape index (κ1) is 25.3. The fraction of sp³-hybridized carbons (Fsp3) is 0.241. The fourth-order valence-corrected chi connectivity index (χ4v) is 6.15. The second-order valence-electron chi connectivity index (χ2n) is 10.7. The summed E-state index contributed by atoms with van der Waals surface area (Å²) in [6, 6.07) is 13.8. The fourth-order valence-electron chi connectivity index (χ4n) is 5.98. The molecule has 0 bridgehead atoms. The predicted molar refractivity (Wildman–Crippen MR) is 150 cm³/mol. The van der Waals surface area contributed by atoms with E-state index in [4.69, 9.17) is 11.6 Å². The van der Waals surface area contributed by atoms with Gasteiger partial charge in [0, 0.05) is 39.5 Å². The van der Waals surface area contributed by atoms with E-state index in [0.717, 1.165) is 16.9 Å². The molecule has 5 heterocycles. The topological polar surface area (TPSA) is 123 Å². The minimum Gasteiger partial charge on any atom is -0.338 e. The van der Waals surface area contributed by atoms with E-state index in [1.165, 1.54) is 11.0 Å². The lowest BCUT2D eigenvalue weighted by molar-refractivity contribution is -0.119. The van der Waals surface area contributed by atoms with E-state index in [1.807, 2.05) is 26.0 Å². The SMILES string of the molecule is CC1Cc2cc(-c3[nH]c([C@@H]4[C@@H](C)Cc5cc(-c6cc(Cl)ccc6-n6cnnn6)cc(=O)n54)nc3F)ccc2NC1=O. The normalized spacial score (nSPS) is 19.6. The Balaban J connectivity index is 1.27. The Morgan fingerprint density at radius 3 is 2.68 bits per heavy atom. The van der Waals surface area contributed by atoms with Crippen LogP contribution in [0.1, 0.15) is 37.0 Å². The number of carbonyl (C=O) groups excluding carboxylic acids is 1. The number of amides is 1. The van der Waals surface area contributed by atoms with Gasteiger partial charge < -0.3 is 14.9 Å². The highest BCUT2D eigenvalue weighted by Crippen LogP contribution is 2.38. The highest BCUT2D eigenvalue weighted by Gasteiger charge is 2.35. The van der Waals surface area contributed by atoms with E-state index in [0.29, 0.717) is 46.1 Å². The van der Waals surface area contributed by atoms with Crippen LogP contribution in [0.5, 0.6) is 0 Å². The first-order chi connectivity index (χ1) is 19.8. The molecular weight excluding hydrogens is 547 g/mol. The number of rotatable bonds is 4. The van der Waals surface area contributed by atoms with E-state index >= 15 is 4.39 Å². The maximum atomic E-state index is 15.3. The Kier molecular flexibility index (Phi) is 5.86. The van der Waals surface area contributed by atoms with Gasteiger partial charge in [-0.1, -0.05) is 31.5 Å². The summed E-state index contributed by atoms with van der Waals surface area (Å²) in [6.45, 7) is 3.88. The van der Waals surface area contributed by atoms with Crippen LogP contribution in [-0.2, 0) is 17.6 Å². The first-order valence-corrected chi connectivity index (χ1v) is 13.6. The van der Waals surface area contributed by atoms with Crippen molar-refractivity contribution in [2.45, 2.75) is 32.7 Å². The number of benzene rings is 2. The molecule has 0 saturated heterocycles. The molecule has 2 aromatic carbocycles. The molecule has 5 aromatic rings. The lowest BCUT2D eigenvalue weighted by atomic mass is 9.93. The van der Waals surface area contributed by atoms with Crippen molar-refractivity contribution < 1.29 is 9.18 Å². The average molecular weight is 571 g/mol. The van der Waals surface area contributed by atoms with Gasteiger partial charge in [0.05, 0.1) is 11.7 Å². The third-order valence-electron chi connectivity index (χ3n) is 7.95. The van der Waals surface area contributed by atoms with E-state index in [2.05, 4.69) is 30.8 Å². The first-order valence-electron chi connectivity index (χ1n) is 13.2. The van der Waals surface area contributed by atoms with Crippen LogP contribution in [-0.4, -0.2) is 40.6 Å². The molecule has 2 N–H and O–H groups in total. The van der Waals surface area contributed by atoms with Crippen molar-refractivity contribution in [3.05, 3.63) is 93.3 Å².